The van der Waals surface area contributed by atoms with Crippen molar-refractivity contribution in [2.24, 2.45) is 11.8 Å². The summed E-state index contributed by atoms with van der Waals surface area (Å²) in [5.74, 6) is -1.17. The molecule has 1 aromatic carbocycles. The van der Waals surface area contributed by atoms with Crippen molar-refractivity contribution in [3.05, 3.63) is 35.7 Å². The summed E-state index contributed by atoms with van der Waals surface area (Å²) in [6.45, 7) is 1.50. The number of esters is 1. The lowest BCUT2D eigenvalue weighted by Crippen LogP contribution is -2.36. The Hall–Kier alpha value is -3.03. The highest BCUT2D eigenvalue weighted by molar-refractivity contribution is 6.07. The van der Waals surface area contributed by atoms with Crippen molar-refractivity contribution < 1.29 is 23.6 Å². The van der Waals surface area contributed by atoms with Gasteiger partial charge in [0.25, 0.3) is 5.89 Å². The Balaban J connectivity index is 1.32. The molecule has 0 unspecified atom stereocenters. The number of carbonyl (C=O) groups excluding carboxylic acids is 3. The molecule has 2 aliphatic rings. The molecule has 0 N–H and O–H groups in total. The third kappa shape index (κ3) is 3.92. The molecule has 29 heavy (non-hydrogen) atoms. The maximum absolute atomic E-state index is 12.4. The fourth-order valence-corrected chi connectivity index (χ4v) is 4.02. The van der Waals surface area contributed by atoms with Gasteiger partial charge in [-0.05, 0) is 24.8 Å². The van der Waals surface area contributed by atoms with Crippen molar-refractivity contribution in [2.45, 2.75) is 45.6 Å². The highest BCUT2D eigenvalue weighted by Crippen LogP contribution is 2.37. The van der Waals surface area contributed by atoms with E-state index in [0.717, 1.165) is 29.7 Å². The van der Waals surface area contributed by atoms with Crippen LogP contribution in [0.25, 0.3) is 11.4 Å². The van der Waals surface area contributed by atoms with E-state index in [1.807, 2.05) is 24.3 Å². The van der Waals surface area contributed by atoms with Crippen molar-refractivity contribution in [2.75, 3.05) is 6.54 Å². The summed E-state index contributed by atoms with van der Waals surface area (Å²) in [7, 11) is 0. The van der Waals surface area contributed by atoms with Crippen LogP contribution in [0.1, 0.15) is 44.1 Å². The predicted molar refractivity (Wildman–Crippen MR) is 101 cm³/mol. The van der Waals surface area contributed by atoms with Crippen LogP contribution in [0.5, 0.6) is 0 Å². The van der Waals surface area contributed by atoms with E-state index in [-0.39, 0.29) is 42.7 Å². The highest BCUT2D eigenvalue weighted by atomic mass is 16.6. The van der Waals surface area contributed by atoms with E-state index in [1.54, 1.807) is 0 Å². The van der Waals surface area contributed by atoms with E-state index in [1.165, 1.54) is 5.56 Å². The second-order valence-electron chi connectivity index (χ2n) is 7.48. The summed E-state index contributed by atoms with van der Waals surface area (Å²) < 4.78 is 10.3. The molecule has 2 aromatic rings. The number of hydrogen-bond donors (Lipinski definition) is 0. The lowest BCUT2D eigenvalue weighted by Gasteiger charge is -2.19. The Morgan fingerprint density at radius 2 is 1.79 bits per heavy atom. The van der Waals surface area contributed by atoms with Gasteiger partial charge in [-0.25, -0.2) is 0 Å². The van der Waals surface area contributed by atoms with Crippen LogP contribution in [-0.2, 0) is 32.1 Å². The number of ether oxygens (including phenoxy) is 1. The molecule has 1 aliphatic heterocycles. The van der Waals surface area contributed by atoms with Crippen molar-refractivity contribution in [1.29, 1.82) is 0 Å². The first kappa shape index (κ1) is 19.3. The Kier molecular flexibility index (Phi) is 5.42. The van der Waals surface area contributed by atoms with Gasteiger partial charge in [0.2, 0.25) is 17.6 Å². The van der Waals surface area contributed by atoms with Gasteiger partial charge in [0.05, 0.1) is 11.8 Å². The molecule has 1 aliphatic carbocycles. The molecule has 0 bridgehead atoms. The van der Waals surface area contributed by atoms with Crippen LogP contribution < -0.4 is 0 Å². The fourth-order valence-electron chi connectivity index (χ4n) is 4.02. The lowest BCUT2D eigenvalue weighted by molar-refractivity contribution is -0.154. The molecule has 8 nitrogen and oxygen atoms in total. The van der Waals surface area contributed by atoms with E-state index < -0.39 is 5.97 Å². The van der Waals surface area contributed by atoms with Gasteiger partial charge in [-0.15, -0.1) is 0 Å². The lowest BCUT2D eigenvalue weighted by atomic mass is 9.81. The smallest absolute Gasteiger partial charge is 0.326 e. The van der Waals surface area contributed by atoms with E-state index in [9.17, 15) is 14.4 Å². The number of rotatable bonds is 6. The summed E-state index contributed by atoms with van der Waals surface area (Å²) in [5, 5.41) is 3.90. The van der Waals surface area contributed by atoms with E-state index in [0.29, 0.717) is 18.7 Å². The summed E-state index contributed by atoms with van der Waals surface area (Å²) in [5.41, 5.74) is 2.01. The van der Waals surface area contributed by atoms with Crippen LogP contribution in [0, 0.1) is 11.8 Å². The Morgan fingerprint density at radius 3 is 2.41 bits per heavy atom. The number of imide groups is 1. The summed E-state index contributed by atoms with van der Waals surface area (Å²) >= 11 is 0. The normalized spacial score (nSPS) is 21.3. The highest BCUT2D eigenvalue weighted by Gasteiger charge is 2.48. The van der Waals surface area contributed by atoms with E-state index >= 15 is 0 Å². The Bertz CT molecular complexity index is 897. The molecule has 2 heterocycles. The molecule has 1 saturated heterocycles. The van der Waals surface area contributed by atoms with Gasteiger partial charge >= 0.3 is 5.97 Å². The first-order valence-electron chi connectivity index (χ1n) is 9.99. The molecular weight excluding hydrogens is 374 g/mol. The summed E-state index contributed by atoms with van der Waals surface area (Å²) in [6.07, 6.45) is 4.26. The van der Waals surface area contributed by atoms with E-state index in [2.05, 4.69) is 17.1 Å². The van der Waals surface area contributed by atoms with Gasteiger partial charge in [-0.1, -0.05) is 49.2 Å². The van der Waals surface area contributed by atoms with Gasteiger partial charge in [0, 0.05) is 5.56 Å². The minimum absolute atomic E-state index is 0.153. The number of aryl methyl sites for hydroxylation is 1. The Labute approximate surface area is 168 Å². The molecule has 2 atom stereocenters. The topological polar surface area (TPSA) is 103 Å². The monoisotopic (exact) mass is 397 g/mol. The minimum atomic E-state index is -0.669. The molecule has 1 saturated carbocycles. The zero-order valence-corrected chi connectivity index (χ0v) is 16.3. The van der Waals surface area contributed by atoms with Crippen LogP contribution in [0.4, 0.5) is 0 Å². The van der Waals surface area contributed by atoms with Crippen LogP contribution in [0.2, 0.25) is 0 Å². The number of benzene rings is 1. The molecule has 0 spiro atoms. The maximum Gasteiger partial charge on any atom is 0.326 e. The SMILES string of the molecule is CCc1ccc(-c2noc(COC(=O)CN3C(=O)[C@H]4CCCC[C@@H]4C3=O)n2)cc1. The second kappa shape index (κ2) is 8.14. The number of fused-ring (bicyclic) bond motifs is 1. The van der Waals surface area contributed by atoms with E-state index in [4.69, 9.17) is 9.26 Å². The molecule has 1 aromatic heterocycles. The predicted octanol–water partition coefficient (Wildman–Crippen LogP) is 2.52. The third-order valence-electron chi connectivity index (χ3n) is 5.66. The van der Waals surface area contributed by atoms with Crippen molar-refractivity contribution >= 4 is 17.8 Å². The second-order valence-corrected chi connectivity index (χ2v) is 7.48. The standard InChI is InChI=1S/C21H23N3O5/c1-2-13-7-9-14(10-8-13)19-22-17(29-23-19)12-28-18(25)11-24-20(26)15-5-3-4-6-16(15)21(24)27/h7-10,15-16H,2-6,11-12H2,1H3/t15-,16-/m0/s1. The summed E-state index contributed by atoms with van der Waals surface area (Å²) in [6, 6.07) is 7.80. The molecule has 152 valence electrons. The third-order valence-corrected chi connectivity index (χ3v) is 5.66. The minimum Gasteiger partial charge on any atom is -0.454 e. The van der Waals surface area contributed by atoms with Crippen molar-refractivity contribution in [3.63, 3.8) is 0 Å². The zero-order chi connectivity index (χ0) is 20.4. The van der Waals surface area contributed by atoms with Gasteiger partial charge in [-0.2, -0.15) is 4.98 Å². The fraction of sp³-hybridized carbons (Fsp3) is 0.476. The van der Waals surface area contributed by atoms with Crippen molar-refractivity contribution in [3.8, 4) is 11.4 Å². The number of carbonyl (C=O) groups is 3. The molecule has 8 heteroatoms. The molecule has 4 rings (SSSR count). The van der Waals surface area contributed by atoms with Gasteiger partial charge in [0.15, 0.2) is 6.61 Å². The van der Waals surface area contributed by atoms with Crippen LogP contribution in [-0.4, -0.2) is 39.4 Å². The maximum atomic E-state index is 12.4. The molecule has 2 amide bonds. The summed E-state index contributed by atoms with van der Waals surface area (Å²) in [4.78, 5) is 42.3. The van der Waals surface area contributed by atoms with Crippen LogP contribution >= 0.6 is 0 Å². The van der Waals surface area contributed by atoms with Gasteiger partial charge in [-0.3, -0.25) is 19.3 Å². The molecular formula is C21H23N3O5. The first-order chi connectivity index (χ1) is 14.1. The zero-order valence-electron chi connectivity index (χ0n) is 16.3. The number of aromatic nitrogens is 2. The largest absolute Gasteiger partial charge is 0.454 e. The molecule has 2 fully saturated rings. The average molecular weight is 397 g/mol. The first-order valence-corrected chi connectivity index (χ1v) is 9.99. The van der Waals surface area contributed by atoms with Crippen LogP contribution in [0.15, 0.2) is 28.8 Å². The van der Waals surface area contributed by atoms with Gasteiger partial charge in [0.1, 0.15) is 6.54 Å². The van der Waals surface area contributed by atoms with Crippen molar-refractivity contribution in [1.82, 2.24) is 15.0 Å². The quantitative estimate of drug-likeness (QED) is 0.545. The number of amides is 2. The number of hydrogen-bond acceptors (Lipinski definition) is 7. The molecule has 0 radical (unpaired) electrons. The average Bonchev–Trinajstić information content (AvgIpc) is 3.32. The Morgan fingerprint density at radius 1 is 1.14 bits per heavy atom. The number of nitrogens with zero attached hydrogens (tertiary/aromatic N) is 3. The number of likely N-dealkylation sites (tertiary alicyclic amines) is 1. The van der Waals surface area contributed by atoms with Crippen LogP contribution in [0.3, 0.4) is 0 Å². The van der Waals surface area contributed by atoms with Gasteiger partial charge < -0.3 is 9.26 Å².